The van der Waals surface area contributed by atoms with E-state index in [0.29, 0.717) is 0 Å². The first-order chi connectivity index (χ1) is 2.81. The Morgan fingerprint density at radius 2 is 2.33 bits per heavy atom. The lowest BCUT2D eigenvalue weighted by atomic mass is 10.8. The van der Waals surface area contributed by atoms with Crippen LogP contribution in [0.2, 0.25) is 0 Å². The molecule has 0 spiro atoms. The molecule has 36 valence electrons. The molecule has 0 bridgehead atoms. The number of rotatable bonds is 2. The zero-order chi connectivity index (χ0) is 4.99. The summed E-state index contributed by atoms with van der Waals surface area (Å²) in [5.74, 6) is 0. The molecule has 2 N–H and O–H groups in total. The first-order valence-corrected chi connectivity index (χ1v) is 1.25. The Balaban J connectivity index is 2.96. The summed E-state index contributed by atoms with van der Waals surface area (Å²) in [4.78, 5) is 12.3. The van der Waals surface area contributed by atoms with Crippen molar-refractivity contribution in [3.8, 4) is 0 Å². The molecule has 0 rings (SSSR count). The van der Waals surface area contributed by atoms with E-state index in [2.05, 4.69) is 4.89 Å². The average molecular weight is 92.0 g/mol. The van der Waals surface area contributed by atoms with E-state index in [1.54, 1.807) is 0 Å². The van der Waals surface area contributed by atoms with Gasteiger partial charge in [-0.2, -0.15) is 4.89 Å². The first-order valence-electron chi connectivity index (χ1n) is 1.25. The quantitative estimate of drug-likeness (QED) is 0.198. The lowest BCUT2D eigenvalue weighted by Gasteiger charge is -1.89. The number of hydrogen-bond donors (Lipinski definition) is 2. The van der Waals surface area contributed by atoms with Crippen LogP contribution in [0.15, 0.2) is 0 Å². The van der Waals surface area contributed by atoms with Gasteiger partial charge in [0.1, 0.15) is 0 Å². The lowest BCUT2D eigenvalue weighted by molar-refractivity contribution is -0.316. The summed E-state index contributed by atoms with van der Waals surface area (Å²) in [5, 5.41) is 15.2. The van der Waals surface area contributed by atoms with Crippen LogP contribution >= 0.6 is 0 Å². The number of aliphatic hydroxyl groups is 1. The van der Waals surface area contributed by atoms with Gasteiger partial charge >= 0.3 is 0 Å². The van der Waals surface area contributed by atoms with E-state index >= 15 is 0 Å². The fourth-order valence-electron chi connectivity index (χ4n) is 0.0248. The fraction of sp³-hybridized carbons (Fsp3) is 0.500. The molecule has 0 aliphatic carbocycles. The monoisotopic (exact) mass is 92.0 g/mol. The van der Waals surface area contributed by atoms with Crippen LogP contribution in [0.5, 0.6) is 0 Å². The van der Waals surface area contributed by atoms with Crippen molar-refractivity contribution in [1.82, 2.24) is 0 Å². The van der Waals surface area contributed by atoms with E-state index in [0.717, 1.165) is 0 Å². The molecule has 6 heavy (non-hydrogen) atoms. The molecule has 4 heteroatoms. The molecule has 0 aliphatic rings. The largest absolute Gasteiger partial charge is 0.360 e. The first kappa shape index (κ1) is 5.55. The predicted octanol–water partition coefficient (Wildman–Crippen LogP) is -1.01. The van der Waals surface area contributed by atoms with E-state index in [1.807, 2.05) is 0 Å². The third-order valence-electron chi connectivity index (χ3n) is 0.224. The fourth-order valence-corrected chi connectivity index (χ4v) is 0.0248. The van der Waals surface area contributed by atoms with Crippen molar-refractivity contribution in [3.63, 3.8) is 0 Å². The second kappa shape index (κ2) is 2.77. The van der Waals surface area contributed by atoms with Gasteiger partial charge in [-0.15, -0.1) is 0 Å². The van der Waals surface area contributed by atoms with Gasteiger partial charge < -0.3 is 5.11 Å². The topological polar surface area (TPSA) is 66.8 Å². The molecule has 0 heterocycles. The van der Waals surface area contributed by atoms with Crippen LogP contribution < -0.4 is 0 Å². The minimum Gasteiger partial charge on any atom is -0.360 e. The molecule has 0 aromatic carbocycles. The highest BCUT2D eigenvalue weighted by Crippen LogP contribution is 1.69. The summed E-state index contributed by atoms with van der Waals surface area (Å²) in [6.07, 6.45) is -1.63. The Hall–Kier alpha value is -0.450. The van der Waals surface area contributed by atoms with E-state index < -0.39 is 6.29 Å². The Morgan fingerprint density at radius 3 is 2.33 bits per heavy atom. The van der Waals surface area contributed by atoms with Crippen molar-refractivity contribution in [2.45, 2.75) is 6.29 Å². The van der Waals surface area contributed by atoms with Gasteiger partial charge in [0.25, 0.3) is 0 Å². The zero-order valence-corrected chi connectivity index (χ0v) is 2.87. The molecule has 0 fully saturated rings. The number of carbonyl (C=O) groups is 1. The maximum absolute atomic E-state index is 9.20. The molecule has 0 radical (unpaired) electrons. The standard InChI is InChI=1S/C2H4O4/c3-1-2(4)6-5/h1-2,4-5H. The van der Waals surface area contributed by atoms with E-state index in [1.165, 1.54) is 0 Å². The van der Waals surface area contributed by atoms with Crippen molar-refractivity contribution >= 4 is 6.29 Å². The maximum atomic E-state index is 9.20. The molecule has 0 amide bonds. The SMILES string of the molecule is O=CC(O)OO. The summed E-state index contributed by atoms with van der Waals surface area (Å²) in [7, 11) is 0. The van der Waals surface area contributed by atoms with Crippen LogP contribution in [-0.4, -0.2) is 22.9 Å². The summed E-state index contributed by atoms with van der Waals surface area (Å²) in [6.45, 7) is 0. The molecule has 0 saturated heterocycles. The number of hydrogen-bond acceptors (Lipinski definition) is 4. The minimum atomic E-state index is -1.69. The Bertz CT molecular complexity index is 42.8. The molecule has 0 aromatic rings. The normalized spacial score (nSPS) is 13.7. The summed E-state index contributed by atoms with van der Waals surface area (Å²) in [5.41, 5.74) is 0. The number of aliphatic hydroxyl groups excluding tert-OH is 1. The second-order valence-corrected chi connectivity index (χ2v) is 0.632. The highest BCUT2D eigenvalue weighted by atomic mass is 17.1. The maximum Gasteiger partial charge on any atom is 0.244 e. The van der Waals surface area contributed by atoms with Gasteiger partial charge in [0, 0.05) is 0 Å². The molecule has 0 aromatic heterocycles. The van der Waals surface area contributed by atoms with Crippen LogP contribution in [0.3, 0.4) is 0 Å². The number of carbonyl (C=O) groups excluding carboxylic acids is 1. The molecule has 4 nitrogen and oxygen atoms in total. The smallest absolute Gasteiger partial charge is 0.244 e. The molecule has 1 unspecified atom stereocenters. The van der Waals surface area contributed by atoms with Crippen LogP contribution in [0.25, 0.3) is 0 Å². The highest BCUT2D eigenvalue weighted by Gasteiger charge is 1.93. The Morgan fingerprint density at radius 1 is 1.83 bits per heavy atom. The van der Waals surface area contributed by atoms with Crippen molar-refractivity contribution in [3.05, 3.63) is 0 Å². The third kappa shape index (κ3) is 1.83. The molecular weight excluding hydrogens is 88.0 g/mol. The predicted molar refractivity (Wildman–Crippen MR) is 15.8 cm³/mol. The Kier molecular flexibility index (Phi) is 2.56. The summed E-state index contributed by atoms with van der Waals surface area (Å²) in [6, 6.07) is 0. The highest BCUT2D eigenvalue weighted by molar-refractivity contribution is 5.52. The van der Waals surface area contributed by atoms with Crippen LogP contribution in [0.1, 0.15) is 0 Å². The average Bonchev–Trinajstić information content (AvgIpc) is 1.65. The third-order valence-corrected chi connectivity index (χ3v) is 0.224. The van der Waals surface area contributed by atoms with Gasteiger partial charge in [-0.25, -0.2) is 5.26 Å². The van der Waals surface area contributed by atoms with Crippen molar-refractivity contribution < 1.29 is 20.0 Å². The van der Waals surface area contributed by atoms with Gasteiger partial charge in [-0.05, 0) is 0 Å². The van der Waals surface area contributed by atoms with Gasteiger partial charge in [0.05, 0.1) is 0 Å². The van der Waals surface area contributed by atoms with Crippen LogP contribution in [0.4, 0.5) is 0 Å². The summed E-state index contributed by atoms with van der Waals surface area (Å²) < 4.78 is 0. The van der Waals surface area contributed by atoms with E-state index in [-0.39, 0.29) is 6.29 Å². The van der Waals surface area contributed by atoms with Crippen molar-refractivity contribution in [2.24, 2.45) is 0 Å². The lowest BCUT2D eigenvalue weighted by Crippen LogP contribution is -2.09. The van der Waals surface area contributed by atoms with Gasteiger partial charge in [0.15, 0.2) is 6.29 Å². The molecule has 0 saturated carbocycles. The van der Waals surface area contributed by atoms with Gasteiger partial charge in [-0.3, -0.25) is 4.79 Å². The molecule has 1 atom stereocenters. The van der Waals surface area contributed by atoms with Crippen LogP contribution in [-0.2, 0) is 9.68 Å². The van der Waals surface area contributed by atoms with E-state index in [9.17, 15) is 4.79 Å². The van der Waals surface area contributed by atoms with Gasteiger partial charge in [0.2, 0.25) is 6.29 Å². The Labute approximate surface area is 33.9 Å². The molecule has 0 aliphatic heterocycles. The van der Waals surface area contributed by atoms with Crippen molar-refractivity contribution in [1.29, 1.82) is 0 Å². The zero-order valence-electron chi connectivity index (χ0n) is 2.87. The van der Waals surface area contributed by atoms with Gasteiger partial charge in [-0.1, -0.05) is 0 Å². The number of aldehydes is 1. The second-order valence-electron chi connectivity index (χ2n) is 0.632. The summed E-state index contributed by atoms with van der Waals surface area (Å²) >= 11 is 0. The molecular formula is C2H4O4. The minimum absolute atomic E-state index is 0.0556. The van der Waals surface area contributed by atoms with Crippen molar-refractivity contribution in [2.75, 3.05) is 0 Å². The van der Waals surface area contributed by atoms with Crippen LogP contribution in [0, 0.1) is 0 Å². The van der Waals surface area contributed by atoms with E-state index in [4.69, 9.17) is 10.4 Å².